The van der Waals surface area contributed by atoms with Gasteiger partial charge < -0.3 is 9.84 Å². The molecule has 1 N–H and O–H groups in total. The van der Waals surface area contributed by atoms with E-state index in [1.54, 1.807) is 7.11 Å². The first-order valence-corrected chi connectivity index (χ1v) is 8.72. The molecule has 4 aliphatic carbocycles. The number of para-hydroxylation sites is 1. The molecule has 0 amide bonds. The van der Waals surface area contributed by atoms with Gasteiger partial charge in [-0.1, -0.05) is 30.4 Å². The van der Waals surface area contributed by atoms with Crippen LogP contribution in [0, 0.1) is 35.5 Å². The predicted molar refractivity (Wildman–Crippen MR) is 86.2 cm³/mol. The van der Waals surface area contributed by atoms with E-state index in [9.17, 15) is 9.90 Å². The second-order valence-electron chi connectivity index (χ2n) is 7.83. The molecule has 4 bridgehead atoms. The van der Waals surface area contributed by atoms with Gasteiger partial charge in [0.25, 0.3) is 0 Å². The Morgan fingerprint density at radius 1 is 1.22 bits per heavy atom. The maximum atomic E-state index is 11.7. The maximum Gasteiger partial charge on any atom is 0.306 e. The van der Waals surface area contributed by atoms with Crippen LogP contribution in [-0.4, -0.2) is 18.2 Å². The fourth-order valence-corrected chi connectivity index (χ4v) is 6.94. The predicted octanol–water partition coefficient (Wildman–Crippen LogP) is 3.50. The first kappa shape index (κ1) is 13.6. The first-order valence-electron chi connectivity index (χ1n) is 8.72. The Hall–Kier alpha value is -1.77. The number of ether oxygens (including phenoxy) is 1. The largest absolute Gasteiger partial charge is 0.496 e. The molecule has 4 aliphatic rings. The number of methoxy groups -OCH3 is 1. The van der Waals surface area contributed by atoms with Crippen LogP contribution in [0.3, 0.4) is 0 Å². The minimum absolute atomic E-state index is 0.114. The number of aliphatic carboxylic acids is 1. The Morgan fingerprint density at radius 3 is 2.83 bits per heavy atom. The summed E-state index contributed by atoms with van der Waals surface area (Å²) in [7, 11) is 1.75. The van der Waals surface area contributed by atoms with Gasteiger partial charge in [0.1, 0.15) is 5.75 Å². The van der Waals surface area contributed by atoms with Crippen molar-refractivity contribution in [1.82, 2.24) is 0 Å². The quantitative estimate of drug-likeness (QED) is 0.686. The summed E-state index contributed by atoms with van der Waals surface area (Å²) in [5.41, 5.74) is 1.45. The van der Waals surface area contributed by atoms with Crippen LogP contribution in [0.15, 0.2) is 36.4 Å². The number of benzene rings is 1. The molecular weight excluding hydrogens is 288 g/mol. The lowest BCUT2D eigenvalue weighted by molar-refractivity contribution is -0.145. The third kappa shape index (κ3) is 1.44. The molecule has 23 heavy (non-hydrogen) atoms. The highest BCUT2D eigenvalue weighted by molar-refractivity contribution is 5.72. The summed E-state index contributed by atoms with van der Waals surface area (Å²) >= 11 is 0. The Labute approximate surface area is 136 Å². The van der Waals surface area contributed by atoms with Crippen molar-refractivity contribution in [2.24, 2.45) is 35.5 Å². The van der Waals surface area contributed by atoms with Crippen LogP contribution in [0.4, 0.5) is 0 Å². The summed E-state index contributed by atoms with van der Waals surface area (Å²) in [6.07, 6.45) is 7.88. The fraction of sp³-hybridized carbons (Fsp3) is 0.550. The molecule has 0 saturated heterocycles. The fourth-order valence-electron chi connectivity index (χ4n) is 6.94. The van der Waals surface area contributed by atoms with E-state index in [1.807, 2.05) is 6.07 Å². The van der Waals surface area contributed by atoms with Crippen LogP contribution < -0.4 is 4.74 Å². The van der Waals surface area contributed by atoms with Gasteiger partial charge in [-0.3, -0.25) is 4.79 Å². The molecule has 0 radical (unpaired) electrons. The molecule has 3 heteroatoms. The summed E-state index contributed by atoms with van der Waals surface area (Å²) in [6.45, 7) is 0. The van der Waals surface area contributed by atoms with Gasteiger partial charge in [-0.15, -0.1) is 0 Å². The molecule has 1 aromatic carbocycles. The summed E-state index contributed by atoms with van der Waals surface area (Å²) in [6, 6.07) is 8.44. The van der Waals surface area contributed by atoms with Crippen LogP contribution in [0.1, 0.15) is 24.8 Å². The highest BCUT2D eigenvalue weighted by Crippen LogP contribution is 2.74. The Balaban J connectivity index is 1.70. The smallest absolute Gasteiger partial charge is 0.306 e. The molecule has 5 rings (SSSR count). The number of fused-ring (bicyclic) bond motifs is 9. The van der Waals surface area contributed by atoms with E-state index in [1.165, 1.54) is 12.0 Å². The molecule has 0 heterocycles. The Morgan fingerprint density at radius 2 is 2.04 bits per heavy atom. The van der Waals surface area contributed by atoms with Gasteiger partial charge in [-0.25, -0.2) is 0 Å². The molecule has 3 nitrogen and oxygen atoms in total. The van der Waals surface area contributed by atoms with E-state index in [0.717, 1.165) is 18.6 Å². The second kappa shape index (κ2) is 4.40. The molecule has 7 atom stereocenters. The number of rotatable bonds is 3. The minimum atomic E-state index is -0.585. The molecule has 0 aromatic heterocycles. The SMILES string of the molecule is COc1ccccc1C12C3C=CC(C3)C1C1CC2CC1C(=O)O. The van der Waals surface area contributed by atoms with Crippen molar-refractivity contribution in [3.63, 3.8) is 0 Å². The Bertz CT molecular complexity index is 709. The average Bonchev–Trinajstić information content (AvgIpc) is 3.31. The van der Waals surface area contributed by atoms with Gasteiger partial charge >= 0.3 is 5.97 Å². The molecule has 3 saturated carbocycles. The highest BCUT2D eigenvalue weighted by Gasteiger charge is 2.71. The van der Waals surface area contributed by atoms with Crippen molar-refractivity contribution >= 4 is 5.97 Å². The molecule has 3 fully saturated rings. The number of carboxylic acid groups (broad SMARTS) is 1. The summed E-state index contributed by atoms with van der Waals surface area (Å²) in [5, 5.41) is 9.64. The zero-order valence-electron chi connectivity index (χ0n) is 13.3. The maximum absolute atomic E-state index is 11.7. The zero-order valence-corrected chi connectivity index (χ0v) is 13.3. The van der Waals surface area contributed by atoms with Gasteiger partial charge in [0.2, 0.25) is 0 Å². The van der Waals surface area contributed by atoms with Crippen LogP contribution in [0.2, 0.25) is 0 Å². The number of carboxylic acids is 1. The van der Waals surface area contributed by atoms with Crippen molar-refractivity contribution in [3.8, 4) is 5.75 Å². The standard InChI is InChI=1S/C20H22O3/c1-23-17-5-3-2-4-16(17)20-12-7-6-11(8-12)18(20)14-9-13(20)10-15(14)19(21)22/h2-7,11-15,18H,8-10H2,1H3,(H,21,22). The van der Waals surface area contributed by atoms with E-state index < -0.39 is 5.97 Å². The van der Waals surface area contributed by atoms with Gasteiger partial charge in [0.15, 0.2) is 0 Å². The monoisotopic (exact) mass is 310 g/mol. The van der Waals surface area contributed by atoms with Crippen LogP contribution in [-0.2, 0) is 10.2 Å². The van der Waals surface area contributed by atoms with E-state index in [-0.39, 0.29) is 11.3 Å². The minimum Gasteiger partial charge on any atom is -0.496 e. The number of carbonyl (C=O) groups is 1. The van der Waals surface area contributed by atoms with Crippen molar-refractivity contribution < 1.29 is 14.6 Å². The third-order valence-electron chi connectivity index (χ3n) is 7.38. The summed E-state index contributed by atoms with van der Waals surface area (Å²) in [5.74, 6) is 2.67. The van der Waals surface area contributed by atoms with Crippen molar-refractivity contribution in [2.75, 3.05) is 7.11 Å². The Kier molecular flexibility index (Phi) is 2.61. The van der Waals surface area contributed by atoms with Crippen molar-refractivity contribution in [3.05, 3.63) is 42.0 Å². The number of allylic oxidation sites excluding steroid dienone is 2. The number of hydrogen-bond donors (Lipinski definition) is 1. The first-order chi connectivity index (χ1) is 11.2. The van der Waals surface area contributed by atoms with E-state index in [2.05, 4.69) is 30.4 Å². The molecule has 0 aliphatic heterocycles. The molecule has 7 unspecified atom stereocenters. The molecular formula is C20H22O3. The molecule has 0 spiro atoms. The normalized spacial score (nSPS) is 45.4. The van der Waals surface area contributed by atoms with E-state index in [0.29, 0.717) is 29.6 Å². The molecule has 120 valence electrons. The average molecular weight is 310 g/mol. The second-order valence-corrected chi connectivity index (χ2v) is 7.83. The lowest BCUT2D eigenvalue weighted by Crippen LogP contribution is -2.47. The van der Waals surface area contributed by atoms with E-state index >= 15 is 0 Å². The van der Waals surface area contributed by atoms with Crippen LogP contribution in [0.25, 0.3) is 0 Å². The van der Waals surface area contributed by atoms with Crippen LogP contribution in [0.5, 0.6) is 5.75 Å². The van der Waals surface area contributed by atoms with Crippen molar-refractivity contribution in [1.29, 1.82) is 0 Å². The van der Waals surface area contributed by atoms with Crippen molar-refractivity contribution in [2.45, 2.75) is 24.7 Å². The molecule has 1 aromatic rings. The van der Waals surface area contributed by atoms with Gasteiger partial charge in [-0.05, 0) is 54.9 Å². The summed E-state index contributed by atoms with van der Waals surface area (Å²) in [4.78, 5) is 11.7. The highest BCUT2D eigenvalue weighted by atomic mass is 16.5. The van der Waals surface area contributed by atoms with E-state index in [4.69, 9.17) is 4.74 Å². The van der Waals surface area contributed by atoms with Gasteiger partial charge in [-0.2, -0.15) is 0 Å². The third-order valence-corrected chi connectivity index (χ3v) is 7.38. The lowest BCUT2D eigenvalue weighted by atomic mass is 9.55. The van der Waals surface area contributed by atoms with Gasteiger partial charge in [0.05, 0.1) is 13.0 Å². The lowest BCUT2D eigenvalue weighted by Gasteiger charge is -2.47. The topological polar surface area (TPSA) is 46.5 Å². The van der Waals surface area contributed by atoms with Crippen LogP contribution >= 0.6 is 0 Å². The number of hydrogen-bond acceptors (Lipinski definition) is 2. The zero-order chi connectivity index (χ0) is 15.8. The summed E-state index contributed by atoms with van der Waals surface area (Å²) < 4.78 is 5.71. The van der Waals surface area contributed by atoms with Gasteiger partial charge in [0, 0.05) is 11.0 Å².